The molecule has 0 aliphatic carbocycles. The fraction of sp³-hybridized carbons (Fsp3) is 0.417. The average Bonchev–Trinajstić information content (AvgIpc) is 2.74. The van der Waals surface area contributed by atoms with E-state index in [1.807, 2.05) is 18.2 Å². The fourth-order valence-corrected chi connectivity index (χ4v) is 2.23. The number of H-pyrrole nitrogens is 1. The summed E-state index contributed by atoms with van der Waals surface area (Å²) in [6.45, 7) is 1.09. The Morgan fingerprint density at radius 2 is 2.35 bits per heavy atom. The molecule has 5 nitrogen and oxygen atoms in total. The van der Waals surface area contributed by atoms with E-state index in [2.05, 4.69) is 9.97 Å². The zero-order valence-corrected chi connectivity index (χ0v) is 9.39. The first kappa shape index (κ1) is 10.7. The summed E-state index contributed by atoms with van der Waals surface area (Å²) in [5.41, 5.74) is 8.79. The molecule has 1 aromatic carbocycles. The minimum Gasteiger partial charge on any atom is -0.396 e. The number of hydrogen-bond acceptors (Lipinski definition) is 4. The Hall–Kier alpha value is -1.43. The number of hydrogen-bond donors (Lipinski definition) is 3. The largest absolute Gasteiger partial charge is 0.396 e. The van der Waals surface area contributed by atoms with Crippen molar-refractivity contribution in [3.63, 3.8) is 0 Å². The number of ether oxygens (including phenoxy) is 1. The second-order valence-electron chi connectivity index (χ2n) is 4.67. The summed E-state index contributed by atoms with van der Waals surface area (Å²) >= 11 is 0. The van der Waals surface area contributed by atoms with Gasteiger partial charge in [0.2, 0.25) is 0 Å². The summed E-state index contributed by atoms with van der Waals surface area (Å²) in [6, 6.07) is 5.67. The van der Waals surface area contributed by atoms with Gasteiger partial charge in [-0.1, -0.05) is 6.07 Å². The normalized spacial score (nSPS) is 20.1. The highest BCUT2D eigenvalue weighted by Gasteiger charge is 2.44. The third-order valence-electron chi connectivity index (χ3n) is 3.56. The molecule has 5 heteroatoms. The maximum atomic E-state index is 9.46. The second kappa shape index (κ2) is 3.80. The molecular weight excluding hydrogens is 218 g/mol. The molecule has 0 amide bonds. The molecule has 1 aromatic heterocycles. The Labute approximate surface area is 98.6 Å². The molecule has 1 unspecified atom stereocenters. The molecule has 1 aliphatic heterocycles. The van der Waals surface area contributed by atoms with Gasteiger partial charge in [0.05, 0.1) is 42.6 Å². The number of imidazole rings is 1. The number of benzene rings is 1. The highest BCUT2D eigenvalue weighted by molar-refractivity contribution is 5.75. The molecule has 0 saturated carbocycles. The summed E-state index contributed by atoms with van der Waals surface area (Å²) in [6.07, 6.45) is 1.66. The van der Waals surface area contributed by atoms with E-state index >= 15 is 0 Å². The fourth-order valence-electron chi connectivity index (χ4n) is 2.23. The Bertz CT molecular complexity index is 528. The van der Waals surface area contributed by atoms with Crippen LogP contribution in [0.5, 0.6) is 0 Å². The lowest BCUT2D eigenvalue weighted by Gasteiger charge is -2.44. The summed E-state index contributed by atoms with van der Waals surface area (Å²) in [7, 11) is 0. The van der Waals surface area contributed by atoms with Gasteiger partial charge < -0.3 is 20.6 Å². The van der Waals surface area contributed by atoms with Crippen molar-refractivity contribution in [3.05, 3.63) is 30.1 Å². The van der Waals surface area contributed by atoms with E-state index in [0.717, 1.165) is 16.6 Å². The van der Waals surface area contributed by atoms with E-state index in [0.29, 0.717) is 13.2 Å². The quantitative estimate of drug-likeness (QED) is 0.723. The van der Waals surface area contributed by atoms with E-state index < -0.39 is 0 Å². The molecule has 0 spiro atoms. The molecule has 2 aromatic rings. The van der Waals surface area contributed by atoms with E-state index in [1.54, 1.807) is 6.33 Å². The number of aromatic amines is 1. The summed E-state index contributed by atoms with van der Waals surface area (Å²) in [5.74, 6) is 0. The minimum atomic E-state index is -0.326. The van der Waals surface area contributed by atoms with Gasteiger partial charge in [0.1, 0.15) is 0 Å². The molecule has 1 aliphatic rings. The van der Waals surface area contributed by atoms with E-state index in [-0.39, 0.29) is 18.1 Å². The van der Waals surface area contributed by atoms with Crippen LogP contribution in [-0.4, -0.2) is 34.9 Å². The first-order chi connectivity index (χ1) is 8.25. The van der Waals surface area contributed by atoms with Gasteiger partial charge in [0, 0.05) is 6.04 Å². The molecule has 1 fully saturated rings. The molecular formula is C12H15N3O2. The summed E-state index contributed by atoms with van der Waals surface area (Å²) in [4.78, 5) is 7.23. The van der Waals surface area contributed by atoms with Crippen LogP contribution < -0.4 is 5.73 Å². The second-order valence-corrected chi connectivity index (χ2v) is 4.67. The molecule has 3 rings (SSSR count). The zero-order valence-electron chi connectivity index (χ0n) is 9.39. The number of rotatable bonds is 3. The number of fused-ring (bicyclic) bond motifs is 1. The molecule has 17 heavy (non-hydrogen) atoms. The Kier molecular flexibility index (Phi) is 2.39. The summed E-state index contributed by atoms with van der Waals surface area (Å²) in [5, 5.41) is 9.46. The van der Waals surface area contributed by atoms with Crippen LogP contribution in [0.15, 0.2) is 24.5 Å². The monoisotopic (exact) mass is 233 g/mol. The summed E-state index contributed by atoms with van der Waals surface area (Å²) < 4.78 is 5.18. The number of nitrogens with one attached hydrogen (secondary N) is 1. The van der Waals surface area contributed by atoms with Crippen LogP contribution in [0, 0.1) is 5.41 Å². The van der Waals surface area contributed by atoms with Crippen LogP contribution >= 0.6 is 0 Å². The molecule has 2 heterocycles. The van der Waals surface area contributed by atoms with Crippen molar-refractivity contribution in [1.82, 2.24) is 9.97 Å². The third-order valence-corrected chi connectivity index (χ3v) is 3.56. The number of nitrogens with two attached hydrogens (primary N) is 1. The number of aromatic nitrogens is 2. The van der Waals surface area contributed by atoms with Gasteiger partial charge in [-0.15, -0.1) is 0 Å². The minimum absolute atomic E-state index is 0.0508. The van der Waals surface area contributed by atoms with Crippen molar-refractivity contribution in [1.29, 1.82) is 0 Å². The predicted octanol–water partition coefficient (Wildman–Crippen LogP) is 0.572. The highest BCUT2D eigenvalue weighted by Crippen LogP contribution is 2.38. The Morgan fingerprint density at radius 3 is 3.00 bits per heavy atom. The van der Waals surface area contributed by atoms with Crippen molar-refractivity contribution in [2.45, 2.75) is 6.04 Å². The van der Waals surface area contributed by atoms with Crippen LogP contribution in [0.4, 0.5) is 0 Å². The standard InChI is InChI=1S/C12H15N3O2/c13-11(12(4-16)5-17-6-12)8-1-2-9-10(3-8)15-7-14-9/h1-3,7,11,16H,4-6,13H2,(H,14,15). The number of aliphatic hydroxyl groups excluding tert-OH is 1. The van der Waals surface area contributed by atoms with Crippen LogP contribution in [0.3, 0.4) is 0 Å². The van der Waals surface area contributed by atoms with Gasteiger partial charge in [-0.05, 0) is 17.7 Å². The van der Waals surface area contributed by atoms with Gasteiger partial charge >= 0.3 is 0 Å². The van der Waals surface area contributed by atoms with Crippen molar-refractivity contribution < 1.29 is 9.84 Å². The van der Waals surface area contributed by atoms with Crippen molar-refractivity contribution in [3.8, 4) is 0 Å². The van der Waals surface area contributed by atoms with Crippen molar-refractivity contribution in [2.75, 3.05) is 19.8 Å². The highest BCUT2D eigenvalue weighted by atomic mass is 16.5. The molecule has 1 saturated heterocycles. The zero-order chi connectivity index (χ0) is 11.9. The average molecular weight is 233 g/mol. The van der Waals surface area contributed by atoms with Crippen LogP contribution in [0.25, 0.3) is 11.0 Å². The Morgan fingerprint density at radius 1 is 1.53 bits per heavy atom. The predicted molar refractivity (Wildman–Crippen MR) is 63.4 cm³/mol. The first-order valence-corrected chi connectivity index (χ1v) is 5.62. The number of aliphatic hydroxyl groups is 1. The maximum absolute atomic E-state index is 9.46. The van der Waals surface area contributed by atoms with Crippen LogP contribution in [-0.2, 0) is 4.74 Å². The van der Waals surface area contributed by atoms with E-state index in [4.69, 9.17) is 10.5 Å². The molecule has 0 bridgehead atoms. The van der Waals surface area contributed by atoms with Crippen molar-refractivity contribution in [2.24, 2.45) is 11.1 Å². The maximum Gasteiger partial charge on any atom is 0.0931 e. The van der Waals surface area contributed by atoms with E-state index in [9.17, 15) is 5.11 Å². The molecule has 0 radical (unpaired) electrons. The topological polar surface area (TPSA) is 84.2 Å². The van der Waals surface area contributed by atoms with Gasteiger partial charge in [-0.3, -0.25) is 0 Å². The molecule has 1 atom stereocenters. The third kappa shape index (κ3) is 1.55. The molecule has 4 N–H and O–H groups in total. The van der Waals surface area contributed by atoms with Gasteiger partial charge in [0.25, 0.3) is 0 Å². The SMILES string of the molecule is NC(c1ccc2nc[nH]c2c1)C1(CO)COC1. The lowest BCUT2D eigenvalue weighted by molar-refractivity contribution is -0.150. The smallest absolute Gasteiger partial charge is 0.0931 e. The van der Waals surface area contributed by atoms with Crippen LogP contribution in [0.1, 0.15) is 11.6 Å². The molecule has 90 valence electrons. The van der Waals surface area contributed by atoms with Crippen molar-refractivity contribution >= 4 is 11.0 Å². The lowest BCUT2D eigenvalue weighted by atomic mass is 9.76. The first-order valence-electron chi connectivity index (χ1n) is 5.62. The van der Waals surface area contributed by atoms with E-state index in [1.165, 1.54) is 0 Å². The van der Waals surface area contributed by atoms with Crippen LogP contribution in [0.2, 0.25) is 0 Å². The van der Waals surface area contributed by atoms with Gasteiger partial charge in [0.15, 0.2) is 0 Å². The van der Waals surface area contributed by atoms with Gasteiger partial charge in [-0.25, -0.2) is 4.98 Å². The lowest BCUT2D eigenvalue weighted by Crippen LogP contribution is -2.52. The number of nitrogens with zero attached hydrogens (tertiary/aromatic N) is 1. The Balaban J connectivity index is 1.97. The van der Waals surface area contributed by atoms with Gasteiger partial charge in [-0.2, -0.15) is 0 Å².